The quantitative estimate of drug-likeness (QED) is 0.703. The highest BCUT2D eigenvalue weighted by Gasteiger charge is 2.22. The fourth-order valence-electron chi connectivity index (χ4n) is 4.11. The Labute approximate surface area is 168 Å². The molecule has 1 aromatic carbocycles. The number of pyridine rings is 1. The van der Waals surface area contributed by atoms with Crippen LogP contribution in [0.5, 0.6) is 0 Å². The summed E-state index contributed by atoms with van der Waals surface area (Å²) >= 11 is 6.60. The molecule has 28 heavy (non-hydrogen) atoms. The third-order valence-corrected chi connectivity index (χ3v) is 5.90. The molecule has 0 radical (unpaired) electrons. The van der Waals surface area contributed by atoms with Gasteiger partial charge in [0.1, 0.15) is 0 Å². The number of aromatic amines is 1. The number of nitrogens with one attached hydrogen (secondary N) is 2. The lowest BCUT2D eigenvalue weighted by molar-refractivity contribution is 0.208. The molecule has 0 saturated carbocycles. The number of urea groups is 1. The summed E-state index contributed by atoms with van der Waals surface area (Å²) in [5, 5.41) is 4.78. The van der Waals surface area contributed by atoms with Gasteiger partial charge < -0.3 is 20.1 Å². The topological polar surface area (TPSA) is 64.3 Å². The number of rotatable bonds is 3. The van der Waals surface area contributed by atoms with Crippen molar-refractivity contribution in [3.63, 3.8) is 0 Å². The van der Waals surface area contributed by atoms with Crippen molar-refractivity contribution in [1.29, 1.82) is 0 Å². The van der Waals surface area contributed by atoms with Crippen LogP contribution in [-0.4, -0.2) is 34.0 Å². The molecule has 0 atom stereocenters. The summed E-state index contributed by atoms with van der Waals surface area (Å²) < 4.78 is 0. The van der Waals surface area contributed by atoms with E-state index in [9.17, 15) is 4.79 Å². The Morgan fingerprint density at radius 3 is 2.89 bits per heavy atom. The van der Waals surface area contributed by atoms with E-state index in [1.54, 1.807) is 0 Å². The largest absolute Gasteiger partial charge is 0.360 e. The lowest BCUT2D eigenvalue weighted by Gasteiger charge is -2.19. The van der Waals surface area contributed by atoms with Gasteiger partial charge in [0.05, 0.1) is 29.5 Å². The van der Waals surface area contributed by atoms with E-state index in [-0.39, 0.29) is 6.03 Å². The molecule has 0 unspecified atom stereocenters. The molecule has 2 amide bonds. The van der Waals surface area contributed by atoms with Crippen molar-refractivity contribution in [1.82, 2.24) is 20.2 Å². The minimum Gasteiger partial charge on any atom is -0.360 e. The Morgan fingerprint density at radius 1 is 1.21 bits per heavy atom. The van der Waals surface area contributed by atoms with Crippen LogP contribution in [0, 0.1) is 0 Å². The van der Waals surface area contributed by atoms with Crippen molar-refractivity contribution in [2.24, 2.45) is 0 Å². The molecule has 0 spiro atoms. The first-order valence-corrected chi connectivity index (χ1v) is 10.1. The summed E-state index contributed by atoms with van der Waals surface area (Å²) in [6.45, 7) is 3.76. The number of anilines is 1. The van der Waals surface area contributed by atoms with Crippen LogP contribution in [0.25, 0.3) is 10.9 Å². The van der Waals surface area contributed by atoms with Gasteiger partial charge in [0.25, 0.3) is 0 Å². The van der Waals surface area contributed by atoms with E-state index in [4.69, 9.17) is 11.6 Å². The van der Waals surface area contributed by atoms with Gasteiger partial charge in [-0.15, -0.1) is 0 Å². The molecule has 2 aliphatic heterocycles. The molecule has 144 valence electrons. The Kier molecular flexibility index (Phi) is 4.36. The first-order valence-electron chi connectivity index (χ1n) is 9.69. The van der Waals surface area contributed by atoms with Crippen LogP contribution in [0.1, 0.15) is 29.8 Å². The maximum atomic E-state index is 12.2. The molecule has 4 heterocycles. The van der Waals surface area contributed by atoms with Crippen LogP contribution < -0.4 is 10.2 Å². The predicted molar refractivity (Wildman–Crippen MR) is 110 cm³/mol. The van der Waals surface area contributed by atoms with Gasteiger partial charge in [-0.3, -0.25) is 4.98 Å². The molecule has 0 aliphatic carbocycles. The van der Waals surface area contributed by atoms with E-state index in [0.717, 1.165) is 72.0 Å². The SMILES string of the molecule is O=C(NCc1cc2cc(Cl)c(N3Cc4cccnc4C3)cc2[nH]1)N1CCCC1. The van der Waals surface area contributed by atoms with Crippen LogP contribution in [0.3, 0.4) is 0 Å². The number of nitrogens with zero attached hydrogens (tertiary/aromatic N) is 3. The minimum atomic E-state index is 0.0113. The van der Waals surface area contributed by atoms with E-state index >= 15 is 0 Å². The van der Waals surface area contributed by atoms with E-state index in [0.29, 0.717) is 6.54 Å². The molecule has 5 rings (SSSR count). The van der Waals surface area contributed by atoms with Crippen molar-refractivity contribution >= 4 is 34.2 Å². The Morgan fingerprint density at radius 2 is 2.07 bits per heavy atom. The average molecular weight is 396 g/mol. The first-order chi connectivity index (χ1) is 13.7. The van der Waals surface area contributed by atoms with Gasteiger partial charge in [0.15, 0.2) is 0 Å². The van der Waals surface area contributed by atoms with Gasteiger partial charge in [-0.05, 0) is 42.7 Å². The minimum absolute atomic E-state index is 0.0113. The smallest absolute Gasteiger partial charge is 0.317 e. The number of hydrogen-bond acceptors (Lipinski definition) is 3. The first kappa shape index (κ1) is 17.4. The van der Waals surface area contributed by atoms with Crippen molar-refractivity contribution in [2.75, 3.05) is 18.0 Å². The molecule has 2 aliphatic rings. The number of benzene rings is 1. The Bertz CT molecular complexity index is 1020. The summed E-state index contributed by atoms with van der Waals surface area (Å²) in [4.78, 5) is 24.2. The van der Waals surface area contributed by atoms with Crippen LogP contribution in [-0.2, 0) is 19.6 Å². The predicted octanol–water partition coefficient (Wildman–Crippen LogP) is 4.04. The molecule has 2 N–H and O–H groups in total. The number of carbonyl (C=O) groups is 1. The number of fused-ring (bicyclic) bond motifs is 2. The van der Waals surface area contributed by atoms with E-state index in [1.165, 1.54) is 5.56 Å². The van der Waals surface area contributed by atoms with Crippen molar-refractivity contribution in [2.45, 2.75) is 32.5 Å². The molecule has 0 bridgehead atoms. The summed E-state index contributed by atoms with van der Waals surface area (Å²) in [6.07, 6.45) is 4.02. The normalized spacial score (nSPS) is 16.0. The lowest BCUT2D eigenvalue weighted by Crippen LogP contribution is -2.37. The second-order valence-corrected chi connectivity index (χ2v) is 7.91. The lowest BCUT2D eigenvalue weighted by atomic mass is 10.2. The fraction of sp³-hybridized carbons (Fsp3) is 0.333. The maximum Gasteiger partial charge on any atom is 0.317 e. The van der Waals surface area contributed by atoms with Crippen LogP contribution in [0.2, 0.25) is 5.02 Å². The third kappa shape index (κ3) is 3.18. The van der Waals surface area contributed by atoms with Crippen molar-refractivity contribution in [3.8, 4) is 0 Å². The maximum absolute atomic E-state index is 12.2. The fourth-order valence-corrected chi connectivity index (χ4v) is 4.40. The molecule has 2 aromatic heterocycles. The molecular weight excluding hydrogens is 374 g/mol. The van der Waals surface area contributed by atoms with Gasteiger partial charge in [-0.25, -0.2) is 4.79 Å². The zero-order chi connectivity index (χ0) is 19.1. The van der Waals surface area contributed by atoms with Crippen LogP contribution in [0.15, 0.2) is 36.5 Å². The third-order valence-electron chi connectivity index (χ3n) is 5.59. The average Bonchev–Trinajstić information content (AvgIpc) is 3.43. The number of carbonyl (C=O) groups excluding carboxylic acids is 1. The summed E-state index contributed by atoms with van der Waals surface area (Å²) in [5.41, 5.74) is 5.35. The Balaban J connectivity index is 1.34. The van der Waals surface area contributed by atoms with E-state index < -0.39 is 0 Å². The summed E-state index contributed by atoms with van der Waals surface area (Å²) in [6, 6.07) is 10.2. The second kappa shape index (κ2) is 7.02. The number of hydrogen-bond donors (Lipinski definition) is 2. The van der Waals surface area contributed by atoms with Gasteiger partial charge in [0, 0.05) is 42.4 Å². The summed E-state index contributed by atoms with van der Waals surface area (Å²) in [5.74, 6) is 0. The molecular formula is C21H22ClN5O. The van der Waals surface area contributed by atoms with Crippen LogP contribution >= 0.6 is 11.6 Å². The monoisotopic (exact) mass is 395 g/mol. The van der Waals surface area contributed by atoms with E-state index in [1.807, 2.05) is 23.2 Å². The molecule has 3 aromatic rings. The molecule has 1 saturated heterocycles. The zero-order valence-corrected chi connectivity index (χ0v) is 16.3. The van der Waals surface area contributed by atoms with Crippen molar-refractivity contribution in [3.05, 3.63) is 58.5 Å². The number of H-pyrrole nitrogens is 1. The van der Waals surface area contributed by atoms with Crippen molar-refractivity contribution < 1.29 is 4.79 Å². The molecule has 6 nitrogen and oxygen atoms in total. The highest BCUT2D eigenvalue weighted by atomic mass is 35.5. The number of halogens is 1. The van der Waals surface area contributed by atoms with Gasteiger partial charge in [-0.1, -0.05) is 17.7 Å². The van der Waals surface area contributed by atoms with Gasteiger partial charge in [-0.2, -0.15) is 0 Å². The number of amides is 2. The van der Waals surface area contributed by atoms with Gasteiger partial charge in [0.2, 0.25) is 0 Å². The Hall–Kier alpha value is -2.73. The van der Waals surface area contributed by atoms with Gasteiger partial charge >= 0.3 is 6.03 Å². The summed E-state index contributed by atoms with van der Waals surface area (Å²) in [7, 11) is 0. The number of likely N-dealkylation sites (tertiary alicyclic amines) is 1. The second-order valence-electron chi connectivity index (χ2n) is 7.50. The standard InChI is InChI=1S/C21H22ClN5O/c22-17-9-15-8-16(11-24-21(28)26-6-1-2-7-26)25-18(15)10-20(17)27-12-14-4-3-5-23-19(14)13-27/h3-5,8-10,25H,1-2,6-7,11-13H2,(H,24,28). The molecule has 7 heteroatoms. The zero-order valence-electron chi connectivity index (χ0n) is 15.5. The molecule has 1 fully saturated rings. The highest BCUT2D eigenvalue weighted by molar-refractivity contribution is 6.34. The van der Waals surface area contributed by atoms with E-state index in [2.05, 4.69) is 38.4 Å². The van der Waals surface area contributed by atoms with Crippen LogP contribution in [0.4, 0.5) is 10.5 Å². The number of aromatic nitrogens is 2. The highest BCUT2D eigenvalue weighted by Crippen LogP contribution is 2.35.